The van der Waals surface area contributed by atoms with Crippen LogP contribution in [-0.4, -0.2) is 21.2 Å². The van der Waals surface area contributed by atoms with Gasteiger partial charge in [-0.15, -0.1) is 0 Å². The molecule has 1 heterocycles. The first-order valence-corrected chi connectivity index (χ1v) is 7.09. The molecule has 1 N–H and O–H groups in total. The van der Waals surface area contributed by atoms with E-state index in [9.17, 15) is 19.5 Å². The summed E-state index contributed by atoms with van der Waals surface area (Å²) < 4.78 is 1.38. The number of hydrogen-bond donors (Lipinski definition) is 1. The zero-order valence-corrected chi connectivity index (χ0v) is 12.1. The zero-order valence-electron chi connectivity index (χ0n) is 12.1. The van der Waals surface area contributed by atoms with Crippen molar-refractivity contribution in [2.24, 2.45) is 7.05 Å². The molecule has 0 saturated carbocycles. The number of aliphatic hydroxyl groups is 1. The molecule has 5 heteroatoms. The van der Waals surface area contributed by atoms with E-state index in [1.807, 2.05) is 12.1 Å². The molecule has 0 bridgehead atoms. The second kappa shape index (κ2) is 5.26. The lowest BCUT2D eigenvalue weighted by Crippen LogP contribution is -2.28. The number of allylic oxidation sites excluding steroid dienone is 2. The molecule has 3 rings (SSSR count). The van der Waals surface area contributed by atoms with Gasteiger partial charge in [-0.3, -0.25) is 14.4 Å². The predicted molar refractivity (Wildman–Crippen MR) is 82.0 cm³/mol. The molecule has 0 radical (unpaired) electrons. The molecule has 5 nitrogen and oxygen atoms in total. The molecule has 0 aliphatic heterocycles. The van der Waals surface area contributed by atoms with Crippen molar-refractivity contribution in [3.8, 4) is 0 Å². The van der Waals surface area contributed by atoms with E-state index in [0.29, 0.717) is 18.4 Å². The largest absolute Gasteiger partial charge is 0.511 e. The Kier molecular flexibility index (Phi) is 3.41. The average molecular weight is 297 g/mol. The van der Waals surface area contributed by atoms with Crippen LogP contribution in [0.15, 0.2) is 46.5 Å². The summed E-state index contributed by atoms with van der Waals surface area (Å²) in [5.74, 6) is -1.30. The number of rotatable bonds is 2. The van der Waals surface area contributed by atoms with Crippen LogP contribution in [0.5, 0.6) is 0 Å². The number of benzene rings is 1. The number of nitrogens with zero attached hydrogens (tertiary/aromatic N) is 1. The number of Topliss-reactive ketones (excluding diaryl/α,β-unsaturated/α-hetero) is 2. The highest BCUT2D eigenvalue weighted by atomic mass is 16.3. The number of para-hydroxylation sites is 1. The van der Waals surface area contributed by atoms with Crippen LogP contribution in [0.4, 0.5) is 0 Å². The van der Waals surface area contributed by atoms with Crippen LogP contribution in [0.2, 0.25) is 0 Å². The van der Waals surface area contributed by atoms with Gasteiger partial charge in [-0.25, -0.2) is 0 Å². The standard InChI is InChI=1S/C17H15NO4/c1-18-12-6-3-2-5-10(12)9-11(17(18)22)16(21)15-13(19)7-4-8-14(15)20/h2-3,5-6,9,19H,4,7-8H2,1H3. The SMILES string of the molecule is Cn1c(=O)c(C(=O)C2=C(O)CCCC2=O)cc2ccccc21. The van der Waals surface area contributed by atoms with Gasteiger partial charge in [0.05, 0.1) is 11.1 Å². The summed E-state index contributed by atoms with van der Waals surface area (Å²) >= 11 is 0. The highest BCUT2D eigenvalue weighted by Gasteiger charge is 2.29. The Hall–Kier alpha value is -2.69. The minimum atomic E-state index is -0.687. The Balaban J connectivity index is 2.22. The van der Waals surface area contributed by atoms with Gasteiger partial charge >= 0.3 is 0 Å². The molecule has 0 spiro atoms. The van der Waals surface area contributed by atoms with Crippen molar-refractivity contribution in [2.75, 3.05) is 0 Å². The lowest BCUT2D eigenvalue weighted by atomic mass is 9.90. The van der Waals surface area contributed by atoms with Crippen molar-refractivity contribution in [1.29, 1.82) is 0 Å². The molecular formula is C17H15NO4. The summed E-state index contributed by atoms with van der Waals surface area (Å²) in [4.78, 5) is 36.9. The highest BCUT2D eigenvalue weighted by Crippen LogP contribution is 2.23. The average Bonchev–Trinajstić information content (AvgIpc) is 2.50. The summed E-state index contributed by atoms with van der Waals surface area (Å²) in [6, 6.07) is 8.68. The van der Waals surface area contributed by atoms with Crippen LogP contribution in [0, 0.1) is 0 Å². The van der Waals surface area contributed by atoms with E-state index < -0.39 is 17.1 Å². The van der Waals surface area contributed by atoms with Crippen molar-refractivity contribution in [3.63, 3.8) is 0 Å². The Bertz CT molecular complexity index is 889. The molecule has 22 heavy (non-hydrogen) atoms. The molecule has 1 aliphatic rings. The Labute approximate surface area is 126 Å². The molecule has 1 aromatic carbocycles. The number of aliphatic hydroxyl groups excluding tert-OH is 1. The third-order valence-corrected chi connectivity index (χ3v) is 3.99. The maximum atomic E-state index is 12.6. The number of carbonyl (C=O) groups is 2. The third-order valence-electron chi connectivity index (χ3n) is 3.99. The van der Waals surface area contributed by atoms with Gasteiger partial charge in [0, 0.05) is 19.9 Å². The van der Waals surface area contributed by atoms with E-state index in [1.165, 1.54) is 10.6 Å². The fourth-order valence-corrected chi connectivity index (χ4v) is 2.80. The van der Waals surface area contributed by atoms with E-state index in [2.05, 4.69) is 0 Å². The summed E-state index contributed by atoms with van der Waals surface area (Å²) in [5, 5.41) is 10.6. The first-order valence-electron chi connectivity index (χ1n) is 7.09. The molecule has 0 saturated heterocycles. The second-order valence-electron chi connectivity index (χ2n) is 5.41. The van der Waals surface area contributed by atoms with E-state index in [0.717, 1.165) is 5.39 Å². The molecular weight excluding hydrogens is 282 g/mol. The number of hydrogen-bond acceptors (Lipinski definition) is 4. The van der Waals surface area contributed by atoms with Crippen molar-refractivity contribution >= 4 is 22.5 Å². The normalized spacial score (nSPS) is 15.4. The van der Waals surface area contributed by atoms with Crippen LogP contribution in [0.25, 0.3) is 10.9 Å². The number of aryl methyl sites for hydroxylation is 1. The van der Waals surface area contributed by atoms with Crippen LogP contribution in [0.1, 0.15) is 29.6 Å². The number of fused-ring (bicyclic) bond motifs is 1. The van der Waals surface area contributed by atoms with Crippen molar-refractivity contribution in [2.45, 2.75) is 19.3 Å². The maximum Gasteiger partial charge on any atom is 0.262 e. The number of aromatic nitrogens is 1. The second-order valence-corrected chi connectivity index (χ2v) is 5.41. The van der Waals surface area contributed by atoms with Crippen molar-refractivity contribution in [1.82, 2.24) is 4.57 Å². The first kappa shape index (κ1) is 14.3. The lowest BCUT2D eigenvalue weighted by Gasteiger charge is -2.14. The Morgan fingerprint density at radius 2 is 1.91 bits per heavy atom. The van der Waals surface area contributed by atoms with Gasteiger partial charge in [0.1, 0.15) is 11.3 Å². The van der Waals surface area contributed by atoms with Gasteiger partial charge in [0.15, 0.2) is 5.78 Å². The molecule has 0 atom stereocenters. The van der Waals surface area contributed by atoms with E-state index in [-0.39, 0.29) is 23.3 Å². The van der Waals surface area contributed by atoms with Gasteiger partial charge in [0.2, 0.25) is 5.78 Å². The first-order chi connectivity index (χ1) is 10.5. The summed E-state index contributed by atoms with van der Waals surface area (Å²) in [5.41, 5.74) is -0.0868. The Morgan fingerprint density at radius 3 is 2.64 bits per heavy atom. The summed E-state index contributed by atoms with van der Waals surface area (Å²) in [7, 11) is 1.58. The van der Waals surface area contributed by atoms with Gasteiger partial charge in [-0.2, -0.15) is 0 Å². The fraction of sp³-hybridized carbons (Fsp3) is 0.235. The van der Waals surface area contributed by atoms with Crippen LogP contribution < -0.4 is 5.56 Å². The number of ketones is 2. The fourth-order valence-electron chi connectivity index (χ4n) is 2.80. The van der Waals surface area contributed by atoms with E-state index >= 15 is 0 Å². The predicted octanol–water partition coefficient (Wildman–Crippen LogP) is 2.29. The van der Waals surface area contributed by atoms with E-state index in [1.54, 1.807) is 19.2 Å². The monoisotopic (exact) mass is 297 g/mol. The molecule has 0 unspecified atom stereocenters. The van der Waals surface area contributed by atoms with Gasteiger partial charge in [0.25, 0.3) is 5.56 Å². The number of carbonyl (C=O) groups excluding carboxylic acids is 2. The smallest absolute Gasteiger partial charge is 0.262 e. The molecule has 0 fully saturated rings. The van der Waals surface area contributed by atoms with Gasteiger partial charge < -0.3 is 9.67 Å². The Morgan fingerprint density at radius 1 is 1.18 bits per heavy atom. The minimum absolute atomic E-state index is 0.0852. The number of pyridine rings is 1. The van der Waals surface area contributed by atoms with Crippen molar-refractivity contribution in [3.05, 3.63) is 57.6 Å². The molecule has 1 aromatic heterocycles. The van der Waals surface area contributed by atoms with Crippen LogP contribution in [0.3, 0.4) is 0 Å². The summed E-state index contributed by atoms with van der Waals surface area (Å²) in [6.07, 6.45) is 1.04. The van der Waals surface area contributed by atoms with Gasteiger partial charge in [-0.05, 0) is 23.9 Å². The third kappa shape index (κ3) is 2.15. The summed E-state index contributed by atoms with van der Waals surface area (Å²) in [6.45, 7) is 0. The lowest BCUT2D eigenvalue weighted by molar-refractivity contribution is -0.116. The molecule has 1 aliphatic carbocycles. The van der Waals surface area contributed by atoms with Crippen LogP contribution >= 0.6 is 0 Å². The topological polar surface area (TPSA) is 76.4 Å². The molecule has 2 aromatic rings. The van der Waals surface area contributed by atoms with Crippen LogP contribution in [-0.2, 0) is 11.8 Å². The molecule has 112 valence electrons. The maximum absolute atomic E-state index is 12.6. The van der Waals surface area contributed by atoms with Crippen molar-refractivity contribution < 1.29 is 14.7 Å². The highest BCUT2D eigenvalue weighted by molar-refractivity contribution is 6.27. The molecule has 0 amide bonds. The van der Waals surface area contributed by atoms with E-state index in [4.69, 9.17) is 0 Å². The van der Waals surface area contributed by atoms with Gasteiger partial charge in [-0.1, -0.05) is 18.2 Å². The minimum Gasteiger partial charge on any atom is -0.511 e. The quantitative estimate of drug-likeness (QED) is 0.681. The zero-order chi connectivity index (χ0) is 15.9.